The number of carbonyl (C=O) groups excluding carboxylic acids is 3. The van der Waals surface area contributed by atoms with Crippen molar-refractivity contribution in [2.75, 3.05) is 130 Å². The Hall–Kier alpha value is -11.7. The molecule has 0 aliphatic carbocycles. The number of likely N-dealkylation sites (tertiary alicyclic amines) is 3. The lowest BCUT2D eigenvalue weighted by molar-refractivity contribution is -0.125. The van der Waals surface area contributed by atoms with Crippen molar-refractivity contribution in [3.8, 4) is 67.9 Å². The van der Waals surface area contributed by atoms with Crippen LogP contribution in [0.4, 0.5) is 17.5 Å². The van der Waals surface area contributed by atoms with Gasteiger partial charge in [-0.2, -0.15) is 0 Å². The number of carbonyl (C=O) groups is 3. The molecule has 5 fully saturated rings. The lowest BCUT2D eigenvalue weighted by atomic mass is 10.1. The third kappa shape index (κ3) is 20.6. The van der Waals surface area contributed by atoms with Crippen LogP contribution < -0.4 is 31.4 Å². The average molecular weight is 1720 g/mol. The Balaban J connectivity index is 0.000000158. The molecule has 0 saturated carbocycles. The number of hydrogen-bond acceptors (Lipinski definition) is 20. The molecule has 3 amide bonds. The van der Waals surface area contributed by atoms with Gasteiger partial charge in [-0.3, -0.25) is 24.2 Å². The van der Waals surface area contributed by atoms with Crippen LogP contribution >= 0.6 is 34.8 Å². The summed E-state index contributed by atoms with van der Waals surface area (Å²) >= 11 is 21.3. The molecule has 5 aliphatic heterocycles. The molecule has 123 heavy (non-hydrogen) atoms. The van der Waals surface area contributed by atoms with Crippen LogP contribution in [-0.2, 0) is 23.9 Å². The average Bonchev–Trinajstić information content (AvgIpc) is 1.60. The normalized spacial score (nSPS) is 17.7. The standard InChI is InChI=1S/2C31H33ClN6O3.C30H33ClN6O2.2CH4/c2*1-36(23-14-17-40-19-23)15-5-8-26(39)37-16-13-22(18-37)38-29(32)27(28-30(33)34-20-35-31(28)38)21-9-11-25(12-10-21)41-24-6-3-2-4-7-24;1-3-16-35(2)17-7-10-25(38)36-18-15-22(19-36)37-28(31)26(27-29(32)33-20-34-30(27)37)21-11-13-24(14-12-21)39-23-8-5-4-6-9-23;;/h2*2-12,20,22-23H,13-19H2,1H3,(H2,33,34,35);4-14,20,22H,3,15-19H2,1-2H3,(H2,32,33,34);2*1H4/b2*8-5+;10-7+;;/t22-,23+;22-,23-;22-;;/m111../s1. The molecule has 26 nitrogen and oxygen atoms in total. The number of nitrogen functional groups attached to an aromatic ring is 3. The number of fused-ring (bicyclic) bond motifs is 3. The van der Waals surface area contributed by atoms with Gasteiger partial charge in [0, 0.05) is 119 Å². The smallest absolute Gasteiger partial charge is 0.246 e. The molecule has 6 aromatic heterocycles. The number of para-hydroxylation sites is 3. The van der Waals surface area contributed by atoms with E-state index in [1.54, 1.807) is 18.2 Å². The summed E-state index contributed by atoms with van der Waals surface area (Å²) in [6.45, 7) is 11.9. The van der Waals surface area contributed by atoms with E-state index in [2.05, 4.69) is 72.7 Å². The fourth-order valence-electron chi connectivity index (χ4n) is 16.4. The van der Waals surface area contributed by atoms with Crippen molar-refractivity contribution in [3.05, 3.63) is 235 Å². The molecule has 0 bridgehead atoms. The number of ether oxygens (including phenoxy) is 5. The Morgan fingerprint density at radius 3 is 1.00 bits per heavy atom. The third-order valence-corrected chi connectivity index (χ3v) is 23.9. The van der Waals surface area contributed by atoms with Gasteiger partial charge in [0.1, 0.15) is 103 Å². The monoisotopic (exact) mass is 1720 g/mol. The van der Waals surface area contributed by atoms with Crippen molar-refractivity contribution in [2.45, 2.75) is 90.5 Å². The van der Waals surface area contributed by atoms with Gasteiger partial charge >= 0.3 is 0 Å². The van der Waals surface area contributed by atoms with Gasteiger partial charge in [0.15, 0.2) is 0 Å². The number of amides is 3. The molecule has 5 atom stereocenters. The van der Waals surface area contributed by atoms with Crippen LogP contribution in [0, 0.1) is 0 Å². The number of aromatic nitrogens is 9. The second kappa shape index (κ2) is 41.4. The van der Waals surface area contributed by atoms with Crippen LogP contribution in [0.25, 0.3) is 66.5 Å². The van der Waals surface area contributed by atoms with Crippen LogP contribution in [0.3, 0.4) is 0 Å². The van der Waals surface area contributed by atoms with Gasteiger partial charge in [0.25, 0.3) is 0 Å². The number of likely N-dealkylation sites (N-methyl/N-ethyl adjacent to an activating group) is 3. The Kier molecular flexibility index (Phi) is 30.0. The van der Waals surface area contributed by atoms with E-state index in [9.17, 15) is 14.4 Å². The molecule has 0 radical (unpaired) electrons. The summed E-state index contributed by atoms with van der Waals surface area (Å²) in [7, 11) is 6.18. The molecule has 642 valence electrons. The first-order valence-corrected chi connectivity index (χ1v) is 42.1. The maximum absolute atomic E-state index is 13.0. The van der Waals surface area contributed by atoms with E-state index in [1.165, 1.54) is 19.0 Å². The Labute approximate surface area is 733 Å². The summed E-state index contributed by atoms with van der Waals surface area (Å²) < 4.78 is 34.8. The number of benzene rings is 6. The van der Waals surface area contributed by atoms with E-state index >= 15 is 0 Å². The third-order valence-electron chi connectivity index (χ3n) is 22.8. The Morgan fingerprint density at radius 2 is 0.715 bits per heavy atom. The maximum Gasteiger partial charge on any atom is 0.246 e. The van der Waals surface area contributed by atoms with Gasteiger partial charge in [-0.1, -0.05) is 166 Å². The van der Waals surface area contributed by atoms with Crippen molar-refractivity contribution in [1.82, 2.24) is 73.0 Å². The highest BCUT2D eigenvalue weighted by molar-refractivity contribution is 6.36. The lowest BCUT2D eigenvalue weighted by Gasteiger charge is -2.21. The topological polar surface area (TPSA) is 287 Å². The second-order valence-electron chi connectivity index (χ2n) is 30.9. The molecule has 0 spiro atoms. The van der Waals surface area contributed by atoms with Gasteiger partial charge in [0.2, 0.25) is 17.7 Å². The molecule has 12 aromatic rings. The van der Waals surface area contributed by atoms with Gasteiger partial charge < -0.3 is 74.2 Å². The molecule has 6 N–H and O–H groups in total. The zero-order valence-corrected chi connectivity index (χ0v) is 70.4. The van der Waals surface area contributed by atoms with E-state index in [-0.39, 0.29) is 50.7 Å². The SMILES string of the molecule is C.C.CCCN(C)C/C=C/C(=O)N1CC[C@@H](n2c(Cl)c(-c3ccc(Oc4ccccc4)cc3)c3c(N)ncnc32)C1.CN(C/C=C/C(=O)N1CC[C@@H](n2c(Cl)c(-c3ccc(Oc4ccccc4)cc3)c3c(N)ncnc32)C1)[C@@H]1CCOC1.CN(C/C=C/C(=O)N1CC[C@@H](n2c(Cl)c(-c3ccc(Oc4ccccc4)cc3)c3c(N)ncnc32)C1)[C@H]1CCOC1. The van der Waals surface area contributed by atoms with E-state index in [0.29, 0.717) is 148 Å². The first-order valence-electron chi connectivity index (χ1n) is 40.9. The fraction of sp³-hybridized carbons (Fsp3) is 0.330. The molecular formula is C94H107Cl3N18O8. The minimum absolute atomic E-state index is 0. The van der Waals surface area contributed by atoms with Crippen molar-refractivity contribution in [2.24, 2.45) is 0 Å². The van der Waals surface area contributed by atoms with Gasteiger partial charge in [0.05, 0.1) is 47.5 Å². The molecule has 29 heteroatoms. The molecule has 5 saturated heterocycles. The molecule has 0 unspecified atom stereocenters. The number of rotatable bonds is 25. The Morgan fingerprint density at radius 1 is 0.423 bits per heavy atom. The summed E-state index contributed by atoms with van der Waals surface area (Å²) in [6.07, 6.45) is 20.6. The van der Waals surface area contributed by atoms with Crippen LogP contribution in [0.1, 0.15) is 78.4 Å². The summed E-state index contributed by atoms with van der Waals surface area (Å²) in [5, 5.41) is 3.71. The zero-order chi connectivity index (χ0) is 84.0. The van der Waals surface area contributed by atoms with Crippen molar-refractivity contribution in [1.29, 1.82) is 0 Å². The van der Waals surface area contributed by atoms with Crippen LogP contribution in [0.5, 0.6) is 34.5 Å². The summed E-state index contributed by atoms with van der Waals surface area (Å²) in [4.78, 5) is 77.6. The van der Waals surface area contributed by atoms with Gasteiger partial charge in [-0.15, -0.1) is 0 Å². The number of hydrogen-bond donors (Lipinski definition) is 3. The highest BCUT2D eigenvalue weighted by Crippen LogP contribution is 2.47. The summed E-state index contributed by atoms with van der Waals surface area (Å²) in [5.41, 5.74) is 26.1. The summed E-state index contributed by atoms with van der Waals surface area (Å²) in [5.74, 6) is 5.53. The zero-order valence-electron chi connectivity index (χ0n) is 68.2. The molecule has 6 aromatic carbocycles. The minimum Gasteiger partial charge on any atom is -0.457 e. The predicted molar refractivity (Wildman–Crippen MR) is 490 cm³/mol. The molecule has 17 rings (SSSR count). The number of anilines is 3. The fourth-order valence-corrected chi connectivity index (χ4v) is 17.6. The van der Waals surface area contributed by atoms with E-state index < -0.39 is 0 Å². The lowest BCUT2D eigenvalue weighted by Crippen LogP contribution is -2.32. The number of halogens is 3. The van der Waals surface area contributed by atoms with Gasteiger partial charge in [-0.05, 0) is 156 Å². The molecular weight excluding hydrogens is 1620 g/mol. The minimum atomic E-state index is -0.0376. The largest absolute Gasteiger partial charge is 0.457 e. The first-order chi connectivity index (χ1) is 58.9. The van der Waals surface area contributed by atoms with Crippen molar-refractivity contribution < 1.29 is 38.1 Å². The van der Waals surface area contributed by atoms with Crippen LogP contribution in [0.15, 0.2) is 219 Å². The van der Waals surface area contributed by atoms with Crippen LogP contribution in [-0.4, -0.2) is 216 Å². The highest BCUT2D eigenvalue weighted by atomic mass is 35.5. The van der Waals surface area contributed by atoms with Crippen molar-refractivity contribution >= 4 is 103 Å². The van der Waals surface area contributed by atoms with Gasteiger partial charge in [-0.25, -0.2) is 29.9 Å². The maximum atomic E-state index is 13.0. The number of nitrogens with two attached hydrogens (primary N) is 3. The quantitative estimate of drug-likeness (QED) is 0.0448. The molecule has 5 aliphatic rings. The highest BCUT2D eigenvalue weighted by Gasteiger charge is 2.36. The molecule has 11 heterocycles. The van der Waals surface area contributed by atoms with E-state index in [0.717, 1.165) is 129 Å². The van der Waals surface area contributed by atoms with E-state index in [1.807, 2.05) is 210 Å². The number of nitrogens with zero attached hydrogens (tertiary/aromatic N) is 15. The Bertz CT molecular complexity index is 5440. The second-order valence-corrected chi connectivity index (χ2v) is 31.9. The van der Waals surface area contributed by atoms with Crippen molar-refractivity contribution in [3.63, 3.8) is 0 Å². The summed E-state index contributed by atoms with van der Waals surface area (Å²) in [6, 6.07) is 52.8. The first kappa shape index (κ1) is 89.0. The van der Waals surface area contributed by atoms with Crippen LogP contribution in [0.2, 0.25) is 15.5 Å². The predicted octanol–water partition coefficient (Wildman–Crippen LogP) is 17.4. The van der Waals surface area contributed by atoms with E-state index in [4.69, 9.17) is 75.7 Å².